The van der Waals surface area contributed by atoms with Crippen LogP contribution < -0.4 is 4.74 Å². The zero-order chi connectivity index (χ0) is 14.7. The smallest absolute Gasteiger partial charge is 0.322 e. The first-order valence-corrected chi connectivity index (χ1v) is 6.13. The SMILES string of the molecule is O=[N+]([O-])c1cnc(Oc2cc([N+](=O)[O-])ccc2I)nc1. The van der Waals surface area contributed by atoms with Gasteiger partial charge in [-0.05, 0) is 28.7 Å². The first-order chi connectivity index (χ1) is 9.47. The largest absolute Gasteiger partial charge is 0.423 e. The third kappa shape index (κ3) is 3.14. The van der Waals surface area contributed by atoms with Crippen molar-refractivity contribution in [1.82, 2.24) is 9.97 Å². The van der Waals surface area contributed by atoms with Gasteiger partial charge in [0.25, 0.3) is 5.69 Å². The first-order valence-electron chi connectivity index (χ1n) is 5.05. The van der Waals surface area contributed by atoms with Crippen molar-refractivity contribution < 1.29 is 14.6 Å². The molecule has 0 radical (unpaired) electrons. The highest BCUT2D eigenvalue weighted by Crippen LogP contribution is 2.29. The van der Waals surface area contributed by atoms with Gasteiger partial charge in [0, 0.05) is 6.07 Å². The van der Waals surface area contributed by atoms with Crippen molar-refractivity contribution in [1.29, 1.82) is 0 Å². The van der Waals surface area contributed by atoms with Gasteiger partial charge in [-0.1, -0.05) is 0 Å². The predicted octanol–water partition coefficient (Wildman–Crippen LogP) is 2.69. The summed E-state index contributed by atoms with van der Waals surface area (Å²) in [7, 11) is 0. The van der Waals surface area contributed by atoms with Crippen LogP contribution in [0.3, 0.4) is 0 Å². The number of rotatable bonds is 4. The molecule has 10 heteroatoms. The van der Waals surface area contributed by atoms with E-state index < -0.39 is 9.85 Å². The standard InChI is InChI=1S/C10H5IN4O5/c11-8-2-1-6(14(16)17)3-9(8)20-10-12-4-7(5-13-10)15(18)19/h1-5H. The van der Waals surface area contributed by atoms with Gasteiger partial charge < -0.3 is 4.74 Å². The molecule has 0 spiro atoms. The second-order valence-electron chi connectivity index (χ2n) is 3.45. The number of hydrogen-bond acceptors (Lipinski definition) is 7. The van der Waals surface area contributed by atoms with E-state index in [2.05, 4.69) is 9.97 Å². The van der Waals surface area contributed by atoms with E-state index >= 15 is 0 Å². The number of nitrogens with zero attached hydrogens (tertiary/aromatic N) is 4. The Balaban J connectivity index is 2.27. The van der Waals surface area contributed by atoms with Crippen molar-refractivity contribution in [3.63, 3.8) is 0 Å². The Morgan fingerprint density at radius 1 is 1.05 bits per heavy atom. The average molecular weight is 388 g/mol. The average Bonchev–Trinajstić information content (AvgIpc) is 2.41. The number of ether oxygens (including phenoxy) is 1. The van der Waals surface area contributed by atoms with Crippen molar-refractivity contribution in [3.05, 3.63) is 54.4 Å². The molecule has 1 heterocycles. The van der Waals surface area contributed by atoms with Crippen LogP contribution in [-0.2, 0) is 0 Å². The molecule has 0 aliphatic rings. The minimum Gasteiger partial charge on any atom is -0.423 e. The molecule has 0 fully saturated rings. The highest BCUT2D eigenvalue weighted by molar-refractivity contribution is 14.1. The van der Waals surface area contributed by atoms with Crippen LogP contribution >= 0.6 is 22.6 Å². The van der Waals surface area contributed by atoms with Crippen LogP contribution in [0.15, 0.2) is 30.6 Å². The Hall–Kier alpha value is -2.37. The quantitative estimate of drug-likeness (QED) is 0.448. The van der Waals surface area contributed by atoms with Gasteiger partial charge in [0.15, 0.2) is 5.75 Å². The van der Waals surface area contributed by atoms with Gasteiger partial charge in [-0.3, -0.25) is 20.2 Å². The molecule has 0 N–H and O–H groups in total. The maximum absolute atomic E-state index is 10.7. The number of non-ortho nitro benzene ring substituents is 1. The van der Waals surface area contributed by atoms with Crippen LogP contribution in [0.2, 0.25) is 0 Å². The summed E-state index contributed by atoms with van der Waals surface area (Å²) in [4.78, 5) is 27.3. The van der Waals surface area contributed by atoms with E-state index in [1.165, 1.54) is 18.2 Å². The van der Waals surface area contributed by atoms with Crippen LogP contribution in [-0.4, -0.2) is 19.8 Å². The second-order valence-corrected chi connectivity index (χ2v) is 4.62. The fourth-order valence-electron chi connectivity index (χ4n) is 1.24. The summed E-state index contributed by atoms with van der Waals surface area (Å²) >= 11 is 1.93. The third-order valence-corrected chi connectivity index (χ3v) is 3.04. The lowest BCUT2D eigenvalue weighted by molar-refractivity contribution is -0.385. The molecule has 0 amide bonds. The topological polar surface area (TPSA) is 121 Å². The molecule has 102 valence electrons. The number of hydrogen-bond donors (Lipinski definition) is 0. The third-order valence-electron chi connectivity index (χ3n) is 2.15. The Bertz CT molecular complexity index is 676. The molecular weight excluding hydrogens is 383 g/mol. The zero-order valence-corrected chi connectivity index (χ0v) is 11.8. The lowest BCUT2D eigenvalue weighted by Gasteiger charge is -2.05. The number of nitro groups is 2. The van der Waals surface area contributed by atoms with Gasteiger partial charge >= 0.3 is 11.7 Å². The summed E-state index contributed by atoms with van der Waals surface area (Å²) < 4.78 is 5.90. The van der Waals surface area contributed by atoms with Crippen LogP contribution in [0, 0.1) is 23.8 Å². The Labute approximate surface area is 125 Å². The monoisotopic (exact) mass is 388 g/mol. The maximum Gasteiger partial charge on any atom is 0.322 e. The fourth-order valence-corrected chi connectivity index (χ4v) is 1.68. The summed E-state index contributed by atoms with van der Waals surface area (Å²) in [5.41, 5.74) is -0.409. The summed E-state index contributed by atoms with van der Waals surface area (Å²) in [6.07, 6.45) is 1.99. The Morgan fingerprint density at radius 3 is 2.20 bits per heavy atom. The normalized spacial score (nSPS) is 10.1. The van der Waals surface area contributed by atoms with Crippen LogP contribution in [0.1, 0.15) is 0 Å². The lowest BCUT2D eigenvalue weighted by Crippen LogP contribution is -1.96. The van der Waals surface area contributed by atoms with E-state index in [9.17, 15) is 20.2 Å². The van der Waals surface area contributed by atoms with Gasteiger partial charge in [-0.25, -0.2) is 0 Å². The molecule has 0 saturated heterocycles. The number of aromatic nitrogens is 2. The molecule has 2 aromatic rings. The van der Waals surface area contributed by atoms with E-state index in [1.54, 1.807) is 0 Å². The molecule has 2 rings (SSSR count). The van der Waals surface area contributed by atoms with Crippen molar-refractivity contribution >= 4 is 34.0 Å². The van der Waals surface area contributed by atoms with E-state index in [0.29, 0.717) is 3.57 Å². The molecule has 0 unspecified atom stereocenters. The van der Waals surface area contributed by atoms with Crippen molar-refractivity contribution in [2.75, 3.05) is 0 Å². The first kappa shape index (κ1) is 14.0. The highest BCUT2D eigenvalue weighted by atomic mass is 127. The maximum atomic E-state index is 10.7. The van der Waals surface area contributed by atoms with Crippen molar-refractivity contribution in [2.24, 2.45) is 0 Å². The highest BCUT2D eigenvalue weighted by Gasteiger charge is 2.13. The molecule has 9 nitrogen and oxygen atoms in total. The summed E-state index contributed by atoms with van der Waals surface area (Å²) in [6, 6.07) is 3.95. The minimum absolute atomic E-state index is 0.131. The summed E-state index contributed by atoms with van der Waals surface area (Å²) in [5.74, 6) is 0.202. The molecule has 1 aromatic carbocycles. The molecule has 0 aliphatic carbocycles. The molecule has 0 saturated carbocycles. The van der Waals surface area contributed by atoms with Crippen molar-refractivity contribution in [2.45, 2.75) is 0 Å². The Kier molecular flexibility index (Phi) is 4.02. The van der Waals surface area contributed by atoms with Gasteiger partial charge in [0.2, 0.25) is 0 Å². The van der Waals surface area contributed by atoms with Gasteiger partial charge in [0.05, 0.1) is 19.5 Å². The molecule has 20 heavy (non-hydrogen) atoms. The number of benzene rings is 1. The zero-order valence-electron chi connectivity index (χ0n) is 9.59. The van der Waals surface area contributed by atoms with Crippen LogP contribution in [0.4, 0.5) is 11.4 Å². The molecule has 0 atom stereocenters. The van der Waals surface area contributed by atoms with E-state index in [1.807, 2.05) is 22.6 Å². The van der Waals surface area contributed by atoms with Crippen LogP contribution in [0.5, 0.6) is 11.8 Å². The summed E-state index contributed by atoms with van der Waals surface area (Å²) in [5, 5.41) is 21.1. The second kappa shape index (κ2) is 5.73. The van der Waals surface area contributed by atoms with E-state index in [0.717, 1.165) is 12.4 Å². The summed E-state index contributed by atoms with van der Waals surface area (Å²) in [6.45, 7) is 0. The van der Waals surface area contributed by atoms with E-state index in [4.69, 9.17) is 4.74 Å². The van der Waals surface area contributed by atoms with Gasteiger partial charge in [-0.2, -0.15) is 9.97 Å². The molecule has 1 aromatic heterocycles. The minimum atomic E-state index is -0.638. The number of nitro benzene ring substituents is 1. The fraction of sp³-hybridized carbons (Fsp3) is 0. The molecule has 0 aliphatic heterocycles. The number of halogens is 1. The van der Waals surface area contributed by atoms with Gasteiger partial charge in [-0.15, -0.1) is 0 Å². The van der Waals surface area contributed by atoms with Gasteiger partial charge in [0.1, 0.15) is 12.4 Å². The van der Waals surface area contributed by atoms with Crippen molar-refractivity contribution in [3.8, 4) is 11.8 Å². The predicted molar refractivity (Wildman–Crippen MR) is 74.6 cm³/mol. The lowest BCUT2D eigenvalue weighted by atomic mass is 10.3. The van der Waals surface area contributed by atoms with Crippen LogP contribution in [0.25, 0.3) is 0 Å². The molecular formula is C10H5IN4O5. The molecule has 0 bridgehead atoms. The Morgan fingerprint density at radius 2 is 1.65 bits per heavy atom. The van der Waals surface area contributed by atoms with E-state index in [-0.39, 0.29) is 23.1 Å².